The Kier molecular flexibility index (Phi) is 8.06. The van der Waals surface area contributed by atoms with Gasteiger partial charge in [-0.25, -0.2) is 0 Å². The van der Waals surface area contributed by atoms with Crippen LogP contribution < -0.4 is 5.32 Å². The molecule has 0 saturated heterocycles. The molecule has 0 aliphatic carbocycles. The average molecular weight is 386 g/mol. The standard InChI is InChI=1S/C19H18N2O3S2/c1-14(26-15-7-3-2-4-8-15)19(23)24-13-18(22)21-16-9-5-6-10-17(16)25-12-11-20/h2-10,14H,12-13H2,1H3,(H,21,22)/t14-/m1/s1. The van der Waals surface area contributed by atoms with Crippen LogP contribution in [0.2, 0.25) is 0 Å². The molecule has 0 fully saturated rings. The van der Waals surface area contributed by atoms with Crippen LogP contribution in [-0.4, -0.2) is 29.5 Å². The first-order valence-corrected chi connectivity index (χ1v) is 9.73. The summed E-state index contributed by atoms with van der Waals surface area (Å²) in [4.78, 5) is 25.9. The summed E-state index contributed by atoms with van der Waals surface area (Å²) in [5.41, 5.74) is 0.598. The number of amides is 1. The fourth-order valence-electron chi connectivity index (χ4n) is 2.00. The van der Waals surface area contributed by atoms with Gasteiger partial charge in [0.2, 0.25) is 0 Å². The van der Waals surface area contributed by atoms with E-state index >= 15 is 0 Å². The number of anilines is 1. The largest absolute Gasteiger partial charge is 0.455 e. The molecule has 1 amide bonds. The van der Waals surface area contributed by atoms with Gasteiger partial charge in [0.25, 0.3) is 5.91 Å². The van der Waals surface area contributed by atoms with Gasteiger partial charge in [0.05, 0.1) is 17.5 Å². The van der Waals surface area contributed by atoms with Crippen molar-refractivity contribution < 1.29 is 14.3 Å². The highest BCUT2D eigenvalue weighted by atomic mass is 32.2. The predicted octanol–water partition coefficient (Wildman–Crippen LogP) is 3.96. The lowest BCUT2D eigenvalue weighted by molar-refractivity contribution is -0.146. The molecule has 26 heavy (non-hydrogen) atoms. The Bertz CT molecular complexity index is 791. The van der Waals surface area contributed by atoms with E-state index in [2.05, 4.69) is 5.32 Å². The van der Waals surface area contributed by atoms with Crippen molar-refractivity contribution in [3.8, 4) is 6.07 Å². The summed E-state index contributed by atoms with van der Waals surface area (Å²) in [7, 11) is 0. The molecule has 5 nitrogen and oxygen atoms in total. The summed E-state index contributed by atoms with van der Waals surface area (Å²) < 4.78 is 5.10. The molecule has 1 N–H and O–H groups in total. The number of nitrogens with zero attached hydrogens (tertiary/aromatic N) is 1. The fourth-order valence-corrected chi connectivity index (χ4v) is 3.55. The number of carbonyl (C=O) groups excluding carboxylic acids is 2. The zero-order valence-corrected chi connectivity index (χ0v) is 15.8. The minimum Gasteiger partial charge on any atom is -0.455 e. The maximum absolute atomic E-state index is 12.1. The maximum atomic E-state index is 12.1. The summed E-state index contributed by atoms with van der Waals surface area (Å²) in [5.74, 6) is -0.572. The Morgan fingerprint density at radius 2 is 1.85 bits per heavy atom. The smallest absolute Gasteiger partial charge is 0.319 e. The summed E-state index contributed by atoms with van der Waals surface area (Å²) in [6, 6.07) is 18.8. The van der Waals surface area contributed by atoms with Gasteiger partial charge < -0.3 is 10.1 Å². The first kappa shape index (κ1) is 19.9. The highest BCUT2D eigenvalue weighted by Crippen LogP contribution is 2.26. The van der Waals surface area contributed by atoms with E-state index < -0.39 is 17.1 Å². The summed E-state index contributed by atoms with van der Waals surface area (Å²) in [6.07, 6.45) is 0. The fraction of sp³-hybridized carbons (Fsp3) is 0.211. The number of thioether (sulfide) groups is 2. The van der Waals surface area contributed by atoms with Crippen molar-refractivity contribution in [2.24, 2.45) is 0 Å². The molecule has 0 aliphatic heterocycles. The van der Waals surface area contributed by atoms with Gasteiger partial charge in [0.15, 0.2) is 6.61 Å². The number of hydrogen-bond donors (Lipinski definition) is 1. The topological polar surface area (TPSA) is 79.2 Å². The second-order valence-electron chi connectivity index (χ2n) is 5.17. The minimum absolute atomic E-state index is 0.288. The molecule has 0 heterocycles. The van der Waals surface area contributed by atoms with E-state index in [0.29, 0.717) is 5.69 Å². The monoisotopic (exact) mass is 386 g/mol. The second-order valence-corrected chi connectivity index (χ2v) is 7.60. The molecule has 1 atom stereocenters. The van der Waals surface area contributed by atoms with Crippen LogP contribution >= 0.6 is 23.5 Å². The number of benzene rings is 2. The molecule has 2 aromatic carbocycles. The summed E-state index contributed by atoms with van der Waals surface area (Å²) in [6.45, 7) is 1.39. The highest BCUT2D eigenvalue weighted by molar-refractivity contribution is 8.00. The Morgan fingerprint density at radius 3 is 2.58 bits per heavy atom. The summed E-state index contributed by atoms with van der Waals surface area (Å²) in [5, 5.41) is 11.0. The maximum Gasteiger partial charge on any atom is 0.319 e. The number of esters is 1. The quantitative estimate of drug-likeness (QED) is 0.546. The van der Waals surface area contributed by atoms with E-state index in [0.717, 1.165) is 9.79 Å². The lowest BCUT2D eigenvalue weighted by Crippen LogP contribution is -2.25. The third kappa shape index (κ3) is 6.47. The van der Waals surface area contributed by atoms with Crippen LogP contribution in [0, 0.1) is 11.3 Å². The van der Waals surface area contributed by atoms with Crippen LogP contribution in [0.15, 0.2) is 64.4 Å². The molecule has 0 unspecified atom stereocenters. The van der Waals surface area contributed by atoms with Gasteiger partial charge in [-0.3, -0.25) is 9.59 Å². The van der Waals surface area contributed by atoms with Crippen LogP contribution in [0.25, 0.3) is 0 Å². The first-order valence-electron chi connectivity index (χ1n) is 7.87. The highest BCUT2D eigenvalue weighted by Gasteiger charge is 2.17. The Morgan fingerprint density at radius 1 is 1.15 bits per heavy atom. The van der Waals surface area contributed by atoms with Crippen LogP contribution in [0.1, 0.15) is 6.92 Å². The number of nitrogens with one attached hydrogen (secondary N) is 1. The van der Waals surface area contributed by atoms with Gasteiger partial charge in [0.1, 0.15) is 5.25 Å². The number of nitriles is 1. The van der Waals surface area contributed by atoms with Crippen molar-refractivity contribution in [2.75, 3.05) is 17.7 Å². The van der Waals surface area contributed by atoms with E-state index in [4.69, 9.17) is 10.00 Å². The zero-order valence-electron chi connectivity index (χ0n) is 14.2. The second kappa shape index (κ2) is 10.5. The van der Waals surface area contributed by atoms with Gasteiger partial charge in [0, 0.05) is 9.79 Å². The number of rotatable bonds is 8. The van der Waals surface area contributed by atoms with Gasteiger partial charge >= 0.3 is 5.97 Å². The van der Waals surface area contributed by atoms with E-state index in [1.54, 1.807) is 19.1 Å². The Labute approximate surface area is 161 Å². The van der Waals surface area contributed by atoms with Crippen molar-refractivity contribution in [1.82, 2.24) is 0 Å². The van der Waals surface area contributed by atoms with Crippen LogP contribution in [-0.2, 0) is 14.3 Å². The normalized spacial score (nSPS) is 11.2. The van der Waals surface area contributed by atoms with Crippen LogP contribution in [0.3, 0.4) is 0 Å². The van der Waals surface area contributed by atoms with Crippen molar-refractivity contribution in [3.63, 3.8) is 0 Å². The van der Waals surface area contributed by atoms with Gasteiger partial charge in [-0.05, 0) is 31.2 Å². The van der Waals surface area contributed by atoms with Gasteiger partial charge in [-0.15, -0.1) is 23.5 Å². The SMILES string of the molecule is C[C@@H](Sc1ccccc1)C(=O)OCC(=O)Nc1ccccc1SCC#N. The molecular weight excluding hydrogens is 368 g/mol. The lowest BCUT2D eigenvalue weighted by atomic mass is 10.3. The average Bonchev–Trinajstić information content (AvgIpc) is 2.66. The molecule has 134 valence electrons. The van der Waals surface area contributed by atoms with Crippen molar-refractivity contribution in [1.29, 1.82) is 5.26 Å². The molecule has 2 rings (SSSR count). The van der Waals surface area contributed by atoms with Crippen molar-refractivity contribution >= 4 is 41.1 Å². The Hall–Kier alpha value is -2.43. The third-order valence-electron chi connectivity index (χ3n) is 3.19. The molecular formula is C19H18N2O3S2. The zero-order chi connectivity index (χ0) is 18.8. The molecule has 0 radical (unpaired) electrons. The molecule has 0 spiro atoms. The molecule has 0 bridgehead atoms. The predicted molar refractivity (Wildman–Crippen MR) is 104 cm³/mol. The van der Waals surface area contributed by atoms with Crippen LogP contribution in [0.5, 0.6) is 0 Å². The van der Waals surface area contributed by atoms with E-state index in [1.165, 1.54) is 23.5 Å². The van der Waals surface area contributed by atoms with E-state index in [-0.39, 0.29) is 12.4 Å². The lowest BCUT2D eigenvalue weighted by Gasteiger charge is -2.12. The molecule has 0 aliphatic rings. The number of ether oxygens (including phenoxy) is 1. The van der Waals surface area contributed by atoms with Crippen molar-refractivity contribution in [3.05, 3.63) is 54.6 Å². The molecule has 2 aromatic rings. The number of para-hydroxylation sites is 1. The molecule has 7 heteroatoms. The third-order valence-corrected chi connectivity index (χ3v) is 5.22. The minimum atomic E-state index is -0.443. The molecule has 0 aromatic heterocycles. The van der Waals surface area contributed by atoms with Gasteiger partial charge in [-0.2, -0.15) is 5.26 Å². The van der Waals surface area contributed by atoms with Crippen LogP contribution in [0.4, 0.5) is 5.69 Å². The molecule has 0 saturated carbocycles. The number of hydrogen-bond acceptors (Lipinski definition) is 6. The van der Waals surface area contributed by atoms with E-state index in [9.17, 15) is 9.59 Å². The number of carbonyl (C=O) groups is 2. The van der Waals surface area contributed by atoms with Gasteiger partial charge in [-0.1, -0.05) is 30.3 Å². The first-order chi connectivity index (χ1) is 12.6. The summed E-state index contributed by atoms with van der Waals surface area (Å²) >= 11 is 2.71. The Balaban J connectivity index is 1.83. The van der Waals surface area contributed by atoms with Crippen molar-refractivity contribution in [2.45, 2.75) is 22.0 Å². The van der Waals surface area contributed by atoms with E-state index in [1.807, 2.05) is 48.5 Å².